The van der Waals surface area contributed by atoms with Gasteiger partial charge in [-0.25, -0.2) is 19.3 Å². The zero-order valence-electron chi connectivity index (χ0n) is 21.1. The van der Waals surface area contributed by atoms with Crippen LogP contribution in [0, 0.1) is 5.82 Å². The van der Waals surface area contributed by atoms with Crippen molar-refractivity contribution in [3.8, 4) is 11.5 Å². The van der Waals surface area contributed by atoms with Gasteiger partial charge in [0.2, 0.25) is 0 Å². The molecular weight excluding hydrogens is 469 g/mol. The van der Waals surface area contributed by atoms with E-state index in [1.165, 1.54) is 6.07 Å². The number of hydrogen-bond donors (Lipinski definition) is 2. The quantitative estimate of drug-likeness (QED) is 0.360. The molecule has 2 N–H and O–H groups in total. The summed E-state index contributed by atoms with van der Waals surface area (Å²) in [6, 6.07) is 12.9. The van der Waals surface area contributed by atoms with Gasteiger partial charge in [-0.15, -0.1) is 0 Å². The lowest BCUT2D eigenvalue weighted by Crippen LogP contribution is -2.37. The van der Waals surface area contributed by atoms with E-state index in [4.69, 9.17) is 14.5 Å². The van der Waals surface area contributed by atoms with Crippen LogP contribution in [0.5, 0.6) is 11.5 Å². The molecule has 188 valence electrons. The van der Waals surface area contributed by atoms with Crippen LogP contribution in [0.1, 0.15) is 56.6 Å². The van der Waals surface area contributed by atoms with Crippen LogP contribution in [0.4, 0.5) is 4.39 Å². The van der Waals surface area contributed by atoms with Crippen molar-refractivity contribution >= 4 is 11.3 Å². The van der Waals surface area contributed by atoms with Crippen LogP contribution < -0.4 is 14.8 Å². The van der Waals surface area contributed by atoms with E-state index in [-0.39, 0.29) is 23.8 Å². The van der Waals surface area contributed by atoms with E-state index in [0.29, 0.717) is 17.2 Å². The molecule has 2 aromatic carbocycles. The van der Waals surface area contributed by atoms with Crippen molar-refractivity contribution in [3.63, 3.8) is 0 Å². The number of ether oxygens (including phenoxy) is 2. The molecule has 0 amide bonds. The number of nitrogens with zero attached hydrogens (tertiary/aromatic N) is 3. The number of H-pyrrole nitrogens is 1. The lowest BCUT2D eigenvalue weighted by molar-refractivity contribution is 0.242. The molecule has 2 aromatic heterocycles. The Labute approximate surface area is 214 Å². The van der Waals surface area contributed by atoms with Crippen LogP contribution in [0.3, 0.4) is 0 Å². The number of fused-ring (bicyclic) bond motifs is 2. The second-order valence-electron chi connectivity index (χ2n) is 10.2. The summed E-state index contributed by atoms with van der Waals surface area (Å²) >= 11 is 0. The highest BCUT2D eigenvalue weighted by Crippen LogP contribution is 2.51. The van der Waals surface area contributed by atoms with Gasteiger partial charge in [0.05, 0.1) is 12.1 Å². The molecule has 2 aliphatic heterocycles. The highest BCUT2D eigenvalue weighted by molar-refractivity contribution is 5.65. The third-order valence-corrected chi connectivity index (χ3v) is 6.92. The maximum absolute atomic E-state index is 15.1. The van der Waals surface area contributed by atoms with Gasteiger partial charge < -0.3 is 19.8 Å². The number of imidazole rings is 1. The molecule has 0 saturated carbocycles. The number of halogens is 1. The average Bonchev–Trinajstić information content (AvgIpc) is 3.33. The number of aromatic nitrogens is 4. The molecule has 0 bridgehead atoms. The van der Waals surface area contributed by atoms with Gasteiger partial charge >= 0.3 is 0 Å². The Balaban J connectivity index is 1.39. The molecule has 0 spiro atoms. The van der Waals surface area contributed by atoms with Crippen molar-refractivity contribution in [1.29, 1.82) is 0 Å². The number of allylic oxidation sites excluding steroid dienone is 2. The minimum atomic E-state index is -0.565. The molecule has 0 radical (unpaired) electrons. The Morgan fingerprint density at radius 3 is 2.59 bits per heavy atom. The summed E-state index contributed by atoms with van der Waals surface area (Å²) in [7, 11) is 0. The van der Waals surface area contributed by atoms with Gasteiger partial charge in [-0.1, -0.05) is 50.3 Å². The summed E-state index contributed by atoms with van der Waals surface area (Å²) in [6.07, 6.45) is 7.54. The largest absolute Gasteiger partial charge is 0.491 e. The predicted octanol–water partition coefficient (Wildman–Crippen LogP) is 5.85. The van der Waals surface area contributed by atoms with Crippen LogP contribution in [-0.2, 0) is 5.41 Å². The Morgan fingerprint density at radius 1 is 1.05 bits per heavy atom. The summed E-state index contributed by atoms with van der Waals surface area (Å²) in [6.45, 7) is 8.18. The van der Waals surface area contributed by atoms with E-state index < -0.39 is 11.2 Å². The topological polar surface area (TPSA) is 84.9 Å². The molecule has 7 nitrogen and oxygen atoms in total. The third kappa shape index (κ3) is 4.02. The highest BCUT2D eigenvalue weighted by Gasteiger charge is 2.44. The fourth-order valence-corrected chi connectivity index (χ4v) is 5.18. The number of benzene rings is 2. The van der Waals surface area contributed by atoms with E-state index in [2.05, 4.69) is 46.3 Å². The lowest BCUT2D eigenvalue weighted by Gasteiger charge is -2.40. The van der Waals surface area contributed by atoms with Crippen LogP contribution in [0.25, 0.3) is 11.3 Å². The van der Waals surface area contributed by atoms with Crippen molar-refractivity contribution in [3.05, 3.63) is 101 Å². The average molecular weight is 498 g/mol. The number of aromatic amines is 1. The predicted molar refractivity (Wildman–Crippen MR) is 139 cm³/mol. The van der Waals surface area contributed by atoms with Crippen molar-refractivity contribution < 1.29 is 13.9 Å². The first-order valence-corrected chi connectivity index (χ1v) is 12.4. The number of para-hydroxylation sites is 1. The van der Waals surface area contributed by atoms with Gasteiger partial charge in [0.1, 0.15) is 11.6 Å². The fraction of sp³-hybridized carbons (Fsp3) is 0.276. The molecule has 2 aliphatic rings. The monoisotopic (exact) mass is 497 g/mol. The number of hydrogen-bond acceptors (Lipinski definition) is 6. The SMILES string of the molecule is CC(C)Oc1ccc([C@@H]2C=CC3=C(N2)Oc2c(F)cccc2C3C(C)(C)c2nc3nccnc3[nH]2)cc1. The molecule has 8 heteroatoms. The highest BCUT2D eigenvalue weighted by atomic mass is 19.1. The lowest BCUT2D eigenvalue weighted by atomic mass is 9.68. The third-order valence-electron chi connectivity index (χ3n) is 6.92. The van der Waals surface area contributed by atoms with E-state index in [0.717, 1.165) is 28.3 Å². The molecule has 1 unspecified atom stereocenters. The van der Waals surface area contributed by atoms with Gasteiger partial charge in [-0.05, 0) is 37.6 Å². The standard InChI is InChI=1S/C29H28FN5O2/c1-16(2)36-18-10-8-17(9-11-18)22-13-12-20-23(19-6-5-7-21(30)24(19)37-27(20)33-22)29(3,4)28-34-25-26(35-28)32-15-14-31-25/h5-16,22-23,33H,1-4H3,(H,31,32,34,35)/t22-,23?/m0/s1. The first-order valence-electron chi connectivity index (χ1n) is 12.4. The zero-order valence-corrected chi connectivity index (χ0v) is 21.1. The Bertz CT molecular complexity index is 1500. The molecule has 4 heterocycles. The van der Waals surface area contributed by atoms with E-state index in [1.54, 1.807) is 18.5 Å². The molecule has 6 rings (SSSR count). The maximum atomic E-state index is 15.1. The van der Waals surface area contributed by atoms with Crippen molar-refractivity contribution in [2.75, 3.05) is 0 Å². The summed E-state index contributed by atoms with van der Waals surface area (Å²) in [5, 5.41) is 3.49. The number of dihydropyridines is 1. The van der Waals surface area contributed by atoms with Crippen LogP contribution in [0.2, 0.25) is 0 Å². The van der Waals surface area contributed by atoms with Crippen LogP contribution in [0.15, 0.2) is 78.5 Å². The molecule has 0 saturated heterocycles. The van der Waals surface area contributed by atoms with Gasteiger partial charge in [-0.2, -0.15) is 0 Å². The Kier molecular flexibility index (Phi) is 5.47. The minimum absolute atomic E-state index is 0.107. The van der Waals surface area contributed by atoms with E-state index in [9.17, 15) is 0 Å². The van der Waals surface area contributed by atoms with Gasteiger partial charge in [-0.3, -0.25) is 0 Å². The minimum Gasteiger partial charge on any atom is -0.491 e. The van der Waals surface area contributed by atoms with Crippen molar-refractivity contribution in [1.82, 2.24) is 25.3 Å². The fourth-order valence-electron chi connectivity index (χ4n) is 5.18. The zero-order chi connectivity index (χ0) is 25.7. The van der Waals surface area contributed by atoms with Gasteiger partial charge in [0.15, 0.2) is 28.7 Å². The van der Waals surface area contributed by atoms with Crippen LogP contribution in [-0.4, -0.2) is 26.0 Å². The van der Waals surface area contributed by atoms with Crippen LogP contribution >= 0.6 is 0 Å². The molecule has 0 fully saturated rings. The molecule has 4 aromatic rings. The summed E-state index contributed by atoms with van der Waals surface area (Å²) in [5.74, 6) is 1.67. The molecular formula is C29H28FN5O2. The second-order valence-corrected chi connectivity index (χ2v) is 10.2. The number of rotatable bonds is 5. The Morgan fingerprint density at radius 2 is 1.84 bits per heavy atom. The first kappa shape index (κ1) is 23.2. The van der Waals surface area contributed by atoms with Gasteiger partial charge in [0.25, 0.3) is 0 Å². The summed E-state index contributed by atoms with van der Waals surface area (Å²) < 4.78 is 27.0. The Hall–Kier alpha value is -4.20. The molecule has 0 aliphatic carbocycles. The second kappa shape index (κ2) is 8.73. The smallest absolute Gasteiger partial charge is 0.198 e. The summed E-state index contributed by atoms with van der Waals surface area (Å²) in [4.78, 5) is 16.8. The van der Waals surface area contributed by atoms with Gasteiger partial charge in [0, 0.05) is 34.9 Å². The van der Waals surface area contributed by atoms with E-state index >= 15 is 4.39 Å². The van der Waals surface area contributed by atoms with Crippen molar-refractivity contribution in [2.24, 2.45) is 0 Å². The summed E-state index contributed by atoms with van der Waals surface area (Å²) in [5.41, 5.74) is 3.35. The molecule has 2 atom stereocenters. The maximum Gasteiger partial charge on any atom is 0.198 e. The van der Waals surface area contributed by atoms with E-state index in [1.807, 2.05) is 44.2 Å². The van der Waals surface area contributed by atoms with Crippen molar-refractivity contribution in [2.45, 2.75) is 51.2 Å². The number of nitrogens with one attached hydrogen (secondary N) is 2. The first-order chi connectivity index (χ1) is 17.8. The molecule has 37 heavy (non-hydrogen) atoms. The normalized spacial score (nSPS) is 18.9.